The number of phenols is 1. The van der Waals surface area contributed by atoms with Gasteiger partial charge in [0, 0.05) is 30.6 Å². The van der Waals surface area contributed by atoms with Crippen molar-refractivity contribution in [3.63, 3.8) is 0 Å². The molecule has 4 heteroatoms. The Labute approximate surface area is 99.1 Å². The zero-order valence-corrected chi connectivity index (χ0v) is 9.90. The van der Waals surface area contributed by atoms with E-state index in [0.29, 0.717) is 6.42 Å². The van der Waals surface area contributed by atoms with Gasteiger partial charge < -0.3 is 14.8 Å². The van der Waals surface area contributed by atoms with Crippen LogP contribution in [-0.4, -0.2) is 20.7 Å². The van der Waals surface area contributed by atoms with Crippen molar-refractivity contribution < 1.29 is 15.0 Å². The molecule has 0 radical (unpaired) electrons. The lowest BCUT2D eigenvalue weighted by Gasteiger charge is -2.00. The average Bonchev–Trinajstić information content (AvgIpc) is 2.50. The van der Waals surface area contributed by atoms with Gasteiger partial charge in [0.25, 0.3) is 0 Å². The Morgan fingerprint density at radius 3 is 2.76 bits per heavy atom. The first-order valence-electron chi connectivity index (χ1n) is 5.49. The summed E-state index contributed by atoms with van der Waals surface area (Å²) in [7, 11) is 1.92. The zero-order chi connectivity index (χ0) is 12.6. The van der Waals surface area contributed by atoms with Gasteiger partial charge in [0.15, 0.2) is 0 Å². The van der Waals surface area contributed by atoms with Gasteiger partial charge in [-0.3, -0.25) is 4.79 Å². The smallest absolute Gasteiger partial charge is 0.303 e. The van der Waals surface area contributed by atoms with Gasteiger partial charge >= 0.3 is 5.97 Å². The number of aromatic hydroxyl groups is 1. The molecule has 2 aromatic rings. The van der Waals surface area contributed by atoms with Crippen LogP contribution in [0, 0.1) is 6.92 Å². The molecule has 2 rings (SSSR count). The summed E-state index contributed by atoms with van der Waals surface area (Å²) >= 11 is 0. The van der Waals surface area contributed by atoms with E-state index >= 15 is 0 Å². The monoisotopic (exact) mass is 233 g/mol. The number of fused-ring (bicyclic) bond motifs is 1. The van der Waals surface area contributed by atoms with E-state index in [4.69, 9.17) is 5.11 Å². The van der Waals surface area contributed by atoms with Gasteiger partial charge in [-0.2, -0.15) is 0 Å². The van der Waals surface area contributed by atoms with Gasteiger partial charge in [0.05, 0.1) is 5.52 Å². The van der Waals surface area contributed by atoms with Crippen molar-refractivity contribution in [2.75, 3.05) is 0 Å². The molecule has 1 heterocycles. The third kappa shape index (κ3) is 1.98. The number of aromatic nitrogens is 1. The maximum atomic E-state index is 10.6. The third-order valence-corrected chi connectivity index (χ3v) is 3.20. The first kappa shape index (κ1) is 11.5. The van der Waals surface area contributed by atoms with Gasteiger partial charge in [-0.15, -0.1) is 0 Å². The number of carbonyl (C=O) groups is 1. The number of hydrogen-bond donors (Lipinski definition) is 2. The van der Waals surface area contributed by atoms with Crippen LogP contribution in [0.5, 0.6) is 5.75 Å². The fraction of sp³-hybridized carbons (Fsp3) is 0.308. The molecule has 0 saturated heterocycles. The summed E-state index contributed by atoms with van der Waals surface area (Å²) in [5.74, 6) is -0.567. The van der Waals surface area contributed by atoms with Gasteiger partial charge in [-0.1, -0.05) is 0 Å². The summed E-state index contributed by atoms with van der Waals surface area (Å²) < 4.78 is 1.98. The Hall–Kier alpha value is -1.97. The molecule has 0 fully saturated rings. The SMILES string of the molecule is Cc1c(CCC(=O)O)c2ccc(O)cc2n1C. The van der Waals surface area contributed by atoms with Crippen LogP contribution >= 0.6 is 0 Å². The van der Waals surface area contributed by atoms with E-state index in [1.54, 1.807) is 12.1 Å². The van der Waals surface area contributed by atoms with Crippen LogP contribution in [-0.2, 0) is 18.3 Å². The molecule has 1 aromatic carbocycles. The van der Waals surface area contributed by atoms with Gasteiger partial charge in [0.1, 0.15) is 5.75 Å². The predicted octanol–water partition coefficient (Wildman–Crippen LogP) is 2.21. The summed E-state index contributed by atoms with van der Waals surface area (Å²) in [5.41, 5.74) is 3.03. The minimum Gasteiger partial charge on any atom is -0.508 e. The van der Waals surface area contributed by atoms with Crippen LogP contribution in [0.3, 0.4) is 0 Å². The maximum absolute atomic E-state index is 10.6. The number of carboxylic acid groups (broad SMARTS) is 1. The van der Waals surface area contributed by atoms with Crippen molar-refractivity contribution in [3.8, 4) is 5.75 Å². The molecule has 4 nitrogen and oxygen atoms in total. The number of nitrogens with zero attached hydrogens (tertiary/aromatic N) is 1. The van der Waals surface area contributed by atoms with E-state index in [1.807, 2.05) is 24.6 Å². The van der Waals surface area contributed by atoms with E-state index in [1.165, 1.54) is 0 Å². The van der Waals surface area contributed by atoms with Crippen molar-refractivity contribution >= 4 is 16.9 Å². The maximum Gasteiger partial charge on any atom is 0.303 e. The Balaban J connectivity index is 2.54. The summed E-state index contributed by atoms with van der Waals surface area (Å²) in [6.07, 6.45) is 0.643. The Morgan fingerprint density at radius 2 is 2.12 bits per heavy atom. The van der Waals surface area contributed by atoms with E-state index in [9.17, 15) is 9.90 Å². The second-order valence-corrected chi connectivity index (χ2v) is 4.22. The van der Waals surface area contributed by atoms with Crippen LogP contribution in [0.15, 0.2) is 18.2 Å². The standard InChI is InChI=1S/C13H15NO3/c1-8-10(5-6-13(16)17)11-4-3-9(15)7-12(11)14(8)2/h3-4,7,15H,5-6H2,1-2H3,(H,16,17). The molecule has 90 valence electrons. The van der Waals surface area contributed by atoms with E-state index in [2.05, 4.69) is 0 Å². The molecule has 0 aliphatic heterocycles. The molecule has 2 N–H and O–H groups in total. The number of hydrogen-bond acceptors (Lipinski definition) is 2. The van der Waals surface area contributed by atoms with Gasteiger partial charge in [-0.05, 0) is 31.0 Å². The average molecular weight is 233 g/mol. The quantitative estimate of drug-likeness (QED) is 0.854. The zero-order valence-electron chi connectivity index (χ0n) is 9.90. The van der Waals surface area contributed by atoms with Crippen molar-refractivity contribution in [2.45, 2.75) is 19.8 Å². The number of carboxylic acids is 1. The summed E-state index contributed by atoms with van der Waals surface area (Å²) in [4.78, 5) is 10.6. The number of rotatable bonds is 3. The highest BCUT2D eigenvalue weighted by Crippen LogP contribution is 2.28. The third-order valence-electron chi connectivity index (χ3n) is 3.20. The predicted molar refractivity (Wildman–Crippen MR) is 65.3 cm³/mol. The molecule has 0 amide bonds. The van der Waals surface area contributed by atoms with Crippen LogP contribution in [0.4, 0.5) is 0 Å². The molecular weight excluding hydrogens is 218 g/mol. The number of phenolic OH excluding ortho intramolecular Hbond substituents is 1. The topological polar surface area (TPSA) is 62.5 Å². The van der Waals surface area contributed by atoms with Crippen LogP contribution in [0.25, 0.3) is 10.9 Å². The van der Waals surface area contributed by atoms with Crippen molar-refractivity contribution in [2.24, 2.45) is 7.05 Å². The molecule has 0 atom stereocenters. The molecule has 0 unspecified atom stereocenters. The summed E-state index contributed by atoms with van der Waals surface area (Å²) in [6, 6.07) is 5.17. The molecule has 17 heavy (non-hydrogen) atoms. The highest BCUT2D eigenvalue weighted by atomic mass is 16.4. The van der Waals surface area contributed by atoms with Crippen LogP contribution in [0.1, 0.15) is 17.7 Å². The van der Waals surface area contributed by atoms with Gasteiger partial charge in [0.2, 0.25) is 0 Å². The van der Waals surface area contributed by atoms with Crippen molar-refractivity contribution in [1.82, 2.24) is 4.57 Å². The lowest BCUT2D eigenvalue weighted by molar-refractivity contribution is -0.136. The first-order chi connectivity index (χ1) is 8.00. The summed E-state index contributed by atoms with van der Waals surface area (Å²) in [5, 5.41) is 19.2. The normalized spacial score (nSPS) is 10.9. The van der Waals surface area contributed by atoms with Crippen molar-refractivity contribution in [1.29, 1.82) is 0 Å². The Bertz CT molecular complexity index is 584. The highest BCUT2D eigenvalue weighted by Gasteiger charge is 2.13. The molecule has 0 spiro atoms. The van der Waals surface area contributed by atoms with E-state index in [0.717, 1.165) is 22.2 Å². The number of aryl methyl sites for hydroxylation is 2. The lowest BCUT2D eigenvalue weighted by Crippen LogP contribution is -1.99. The van der Waals surface area contributed by atoms with Crippen molar-refractivity contribution in [3.05, 3.63) is 29.5 Å². The van der Waals surface area contributed by atoms with E-state index < -0.39 is 5.97 Å². The van der Waals surface area contributed by atoms with Crippen LogP contribution < -0.4 is 0 Å². The highest BCUT2D eigenvalue weighted by molar-refractivity contribution is 5.87. The minimum absolute atomic E-state index is 0.126. The number of aliphatic carboxylic acids is 1. The molecule has 1 aromatic heterocycles. The molecule has 0 aliphatic carbocycles. The van der Waals surface area contributed by atoms with E-state index in [-0.39, 0.29) is 12.2 Å². The summed E-state index contributed by atoms with van der Waals surface area (Å²) in [6.45, 7) is 1.97. The molecule has 0 aliphatic rings. The Kier molecular flexibility index (Phi) is 2.79. The number of benzene rings is 1. The second kappa shape index (κ2) is 4.13. The first-order valence-corrected chi connectivity index (χ1v) is 5.49. The molecule has 0 bridgehead atoms. The fourth-order valence-corrected chi connectivity index (χ4v) is 2.18. The molecular formula is C13H15NO3. The minimum atomic E-state index is -0.791. The Morgan fingerprint density at radius 1 is 1.41 bits per heavy atom. The van der Waals surface area contributed by atoms with Crippen LogP contribution in [0.2, 0.25) is 0 Å². The fourth-order valence-electron chi connectivity index (χ4n) is 2.18. The second-order valence-electron chi connectivity index (χ2n) is 4.22. The van der Waals surface area contributed by atoms with Gasteiger partial charge in [-0.25, -0.2) is 0 Å². The molecule has 0 saturated carbocycles. The largest absolute Gasteiger partial charge is 0.508 e. The lowest BCUT2D eigenvalue weighted by atomic mass is 10.1.